The van der Waals surface area contributed by atoms with Crippen LogP contribution in [-0.2, 0) is 23.2 Å². The average molecular weight is 254 g/mol. The van der Waals surface area contributed by atoms with Crippen molar-refractivity contribution < 1.29 is 19.5 Å². The topological polar surface area (TPSA) is 113 Å². The van der Waals surface area contributed by atoms with Gasteiger partial charge in [0.15, 0.2) is 0 Å². The molecule has 0 unspecified atom stereocenters. The molecule has 3 N–H and O–H groups in total. The number of carboxylic acid groups (broad SMARTS) is 1. The van der Waals surface area contributed by atoms with Crippen LogP contribution in [0.2, 0.25) is 0 Å². The molecule has 1 aromatic rings. The van der Waals surface area contributed by atoms with E-state index < -0.39 is 17.9 Å². The number of hydrogen-bond acceptors (Lipinski definition) is 4. The van der Waals surface area contributed by atoms with Gasteiger partial charge in [-0.3, -0.25) is 19.6 Å². The van der Waals surface area contributed by atoms with E-state index in [0.717, 1.165) is 0 Å². The van der Waals surface area contributed by atoms with Gasteiger partial charge in [0, 0.05) is 19.7 Å². The molecule has 0 aliphatic heterocycles. The molecule has 8 heteroatoms. The van der Waals surface area contributed by atoms with Crippen LogP contribution >= 0.6 is 0 Å². The first kappa shape index (κ1) is 13.7. The third-order valence-electron chi connectivity index (χ3n) is 2.02. The number of carboxylic acids is 1. The normalized spacial score (nSPS) is 9.83. The monoisotopic (exact) mass is 254 g/mol. The fraction of sp³-hybridized carbons (Fsp3) is 0.400. The summed E-state index contributed by atoms with van der Waals surface area (Å²) in [6.07, 6.45) is 1.19. The molecule has 0 aliphatic carbocycles. The van der Waals surface area contributed by atoms with Crippen LogP contribution in [0, 0.1) is 0 Å². The summed E-state index contributed by atoms with van der Waals surface area (Å²) in [4.78, 5) is 32.6. The number of carbonyl (C=O) groups is 3. The van der Waals surface area contributed by atoms with Crippen LogP contribution in [-0.4, -0.2) is 32.8 Å². The number of urea groups is 1. The molecule has 3 amide bonds. The molecule has 1 heterocycles. The van der Waals surface area contributed by atoms with Gasteiger partial charge in [-0.05, 0) is 6.07 Å². The zero-order chi connectivity index (χ0) is 13.5. The maximum Gasteiger partial charge on any atom is 0.321 e. The van der Waals surface area contributed by atoms with E-state index in [1.54, 1.807) is 24.0 Å². The van der Waals surface area contributed by atoms with E-state index in [9.17, 15) is 14.4 Å². The van der Waals surface area contributed by atoms with Crippen LogP contribution < -0.4 is 10.6 Å². The van der Waals surface area contributed by atoms with E-state index in [1.807, 2.05) is 5.32 Å². The minimum atomic E-state index is -1.08. The fourth-order valence-corrected chi connectivity index (χ4v) is 1.18. The molecule has 98 valence electrons. The molecular weight excluding hydrogens is 240 g/mol. The first-order chi connectivity index (χ1) is 8.47. The summed E-state index contributed by atoms with van der Waals surface area (Å²) in [5, 5.41) is 16.9. The Morgan fingerprint density at radius 2 is 2.11 bits per heavy atom. The van der Waals surface area contributed by atoms with Crippen molar-refractivity contribution in [2.24, 2.45) is 7.05 Å². The Labute approximate surface area is 103 Å². The molecule has 0 spiro atoms. The van der Waals surface area contributed by atoms with E-state index in [2.05, 4.69) is 10.4 Å². The lowest BCUT2D eigenvalue weighted by molar-refractivity contribution is -0.138. The number of nitrogens with one attached hydrogen (secondary N) is 2. The number of imide groups is 1. The van der Waals surface area contributed by atoms with Gasteiger partial charge in [0.25, 0.3) is 0 Å². The number of carbonyl (C=O) groups excluding carboxylic acids is 2. The second kappa shape index (κ2) is 6.38. The second-order valence-electron chi connectivity index (χ2n) is 3.61. The molecule has 0 radical (unpaired) electrons. The molecule has 0 fully saturated rings. The Morgan fingerprint density at radius 3 is 2.67 bits per heavy atom. The quantitative estimate of drug-likeness (QED) is 0.662. The maximum atomic E-state index is 11.3. The van der Waals surface area contributed by atoms with Crippen LogP contribution in [0.5, 0.6) is 0 Å². The van der Waals surface area contributed by atoms with E-state index in [-0.39, 0.29) is 19.4 Å². The van der Waals surface area contributed by atoms with Crippen molar-refractivity contribution in [3.8, 4) is 0 Å². The molecule has 0 bridgehead atoms. The summed E-state index contributed by atoms with van der Waals surface area (Å²) >= 11 is 0. The number of rotatable bonds is 5. The molecule has 18 heavy (non-hydrogen) atoms. The van der Waals surface area contributed by atoms with Crippen molar-refractivity contribution in [2.45, 2.75) is 19.4 Å². The Hall–Kier alpha value is -2.38. The smallest absolute Gasteiger partial charge is 0.321 e. The predicted octanol–water partition coefficient (Wildman–Crippen LogP) is -0.389. The highest BCUT2D eigenvalue weighted by molar-refractivity contribution is 5.95. The highest BCUT2D eigenvalue weighted by atomic mass is 16.4. The van der Waals surface area contributed by atoms with Gasteiger partial charge in [0.1, 0.15) is 0 Å². The van der Waals surface area contributed by atoms with Crippen molar-refractivity contribution >= 4 is 17.9 Å². The fourth-order valence-electron chi connectivity index (χ4n) is 1.18. The molecule has 0 aromatic carbocycles. The van der Waals surface area contributed by atoms with E-state index in [0.29, 0.717) is 5.69 Å². The van der Waals surface area contributed by atoms with Crippen molar-refractivity contribution in [3.05, 3.63) is 18.0 Å². The van der Waals surface area contributed by atoms with Crippen LogP contribution in [0.1, 0.15) is 18.5 Å². The van der Waals surface area contributed by atoms with Gasteiger partial charge < -0.3 is 10.4 Å². The van der Waals surface area contributed by atoms with E-state index in [1.165, 1.54) is 0 Å². The van der Waals surface area contributed by atoms with Crippen molar-refractivity contribution in [3.63, 3.8) is 0 Å². The van der Waals surface area contributed by atoms with Crippen molar-refractivity contribution in [1.29, 1.82) is 0 Å². The zero-order valence-corrected chi connectivity index (χ0v) is 9.84. The summed E-state index contributed by atoms with van der Waals surface area (Å²) in [7, 11) is 1.75. The molecule has 0 aliphatic rings. The van der Waals surface area contributed by atoms with Gasteiger partial charge in [-0.25, -0.2) is 4.79 Å². The first-order valence-electron chi connectivity index (χ1n) is 5.25. The third kappa shape index (κ3) is 5.10. The Bertz CT molecular complexity index is 454. The minimum Gasteiger partial charge on any atom is -0.481 e. The maximum absolute atomic E-state index is 11.3. The average Bonchev–Trinajstić information content (AvgIpc) is 2.70. The van der Waals surface area contributed by atoms with Gasteiger partial charge in [-0.15, -0.1) is 0 Å². The Morgan fingerprint density at radius 1 is 1.39 bits per heavy atom. The number of amides is 3. The number of aliphatic carboxylic acids is 1. The van der Waals surface area contributed by atoms with Crippen LogP contribution in [0.25, 0.3) is 0 Å². The summed E-state index contributed by atoms with van der Waals surface area (Å²) < 4.78 is 1.59. The molecule has 0 atom stereocenters. The highest BCUT2D eigenvalue weighted by Crippen LogP contribution is 1.93. The van der Waals surface area contributed by atoms with Gasteiger partial charge in [0.05, 0.1) is 18.7 Å². The van der Waals surface area contributed by atoms with Gasteiger partial charge >= 0.3 is 12.0 Å². The number of nitrogens with zero attached hydrogens (tertiary/aromatic N) is 2. The van der Waals surface area contributed by atoms with Gasteiger partial charge in [-0.1, -0.05) is 0 Å². The lowest BCUT2D eigenvalue weighted by Crippen LogP contribution is -2.39. The standard InChI is InChI=1S/C10H14N4O4/c1-14-5-4-7(13-14)6-11-10(18)12-8(15)2-3-9(16)17/h4-5H,2-3,6H2,1H3,(H,16,17)(H2,11,12,15,18). The van der Waals surface area contributed by atoms with Gasteiger partial charge in [-0.2, -0.15) is 5.10 Å². The lowest BCUT2D eigenvalue weighted by atomic mass is 10.3. The Kier molecular flexibility index (Phi) is 4.85. The molecule has 1 rings (SSSR count). The number of hydrogen-bond donors (Lipinski definition) is 3. The predicted molar refractivity (Wildman–Crippen MR) is 60.5 cm³/mol. The summed E-state index contributed by atoms with van der Waals surface area (Å²) in [5.74, 6) is -1.71. The summed E-state index contributed by atoms with van der Waals surface area (Å²) in [6, 6.07) is 1.06. The van der Waals surface area contributed by atoms with Crippen LogP contribution in [0.4, 0.5) is 4.79 Å². The molecular formula is C10H14N4O4. The lowest BCUT2D eigenvalue weighted by Gasteiger charge is -2.04. The summed E-state index contributed by atoms with van der Waals surface area (Å²) in [6.45, 7) is 0.193. The minimum absolute atomic E-state index is 0.193. The second-order valence-corrected chi connectivity index (χ2v) is 3.61. The molecule has 8 nitrogen and oxygen atoms in total. The number of aromatic nitrogens is 2. The van der Waals surface area contributed by atoms with Crippen LogP contribution in [0.3, 0.4) is 0 Å². The Balaban J connectivity index is 2.25. The van der Waals surface area contributed by atoms with Gasteiger partial charge in [0.2, 0.25) is 5.91 Å². The van der Waals surface area contributed by atoms with Crippen molar-refractivity contribution in [2.75, 3.05) is 0 Å². The van der Waals surface area contributed by atoms with Crippen LogP contribution in [0.15, 0.2) is 12.3 Å². The van der Waals surface area contributed by atoms with E-state index >= 15 is 0 Å². The SMILES string of the molecule is Cn1ccc(CNC(=O)NC(=O)CCC(=O)O)n1. The van der Waals surface area contributed by atoms with E-state index in [4.69, 9.17) is 5.11 Å². The zero-order valence-electron chi connectivity index (χ0n) is 9.84. The summed E-state index contributed by atoms with van der Waals surface area (Å²) in [5.41, 5.74) is 0.658. The highest BCUT2D eigenvalue weighted by Gasteiger charge is 2.09. The molecule has 1 aromatic heterocycles. The first-order valence-corrected chi connectivity index (χ1v) is 5.25. The molecule has 0 saturated heterocycles. The largest absolute Gasteiger partial charge is 0.481 e. The molecule has 0 saturated carbocycles. The third-order valence-corrected chi connectivity index (χ3v) is 2.02. The van der Waals surface area contributed by atoms with Crippen molar-refractivity contribution in [1.82, 2.24) is 20.4 Å². The number of aryl methyl sites for hydroxylation is 1.